The molecule has 0 aliphatic carbocycles. The minimum absolute atomic E-state index is 0.0721. The van der Waals surface area contributed by atoms with Crippen LogP contribution in [0.25, 0.3) is 0 Å². The van der Waals surface area contributed by atoms with Gasteiger partial charge in [0.05, 0.1) is 5.56 Å². The molecule has 1 aromatic carbocycles. The van der Waals surface area contributed by atoms with Crippen molar-refractivity contribution in [3.8, 4) is 6.07 Å². The summed E-state index contributed by atoms with van der Waals surface area (Å²) in [6.45, 7) is 5.58. The molecule has 1 amide bonds. The number of carbonyl (C=O) groups excluding carboxylic acids is 1. The molecular weight excluding hydrogens is 219 g/mol. The van der Waals surface area contributed by atoms with Gasteiger partial charge in [0.2, 0.25) is 5.91 Å². The minimum atomic E-state index is -0.583. The van der Waals surface area contributed by atoms with Crippen molar-refractivity contribution in [2.45, 2.75) is 27.2 Å². The highest BCUT2D eigenvalue weighted by molar-refractivity contribution is 5.94. The molecule has 90 valence electrons. The van der Waals surface area contributed by atoms with Crippen LogP contribution in [0.1, 0.15) is 32.8 Å². The Morgan fingerprint density at radius 2 is 2.18 bits per heavy atom. The fourth-order valence-electron chi connectivity index (χ4n) is 1.15. The molecule has 3 nitrogen and oxygen atoms in total. The summed E-state index contributed by atoms with van der Waals surface area (Å²) in [6, 6.07) is 5.69. The Balaban J connectivity index is 2.91. The first-order chi connectivity index (χ1) is 7.90. The van der Waals surface area contributed by atoms with E-state index in [0.29, 0.717) is 12.1 Å². The molecule has 0 aliphatic heterocycles. The Morgan fingerprint density at radius 3 is 2.71 bits per heavy atom. The molecule has 1 aromatic rings. The van der Waals surface area contributed by atoms with Gasteiger partial charge in [0.25, 0.3) is 0 Å². The zero-order valence-corrected chi connectivity index (χ0v) is 10.2. The summed E-state index contributed by atoms with van der Waals surface area (Å²) >= 11 is 0. The minimum Gasteiger partial charge on any atom is -0.326 e. The summed E-state index contributed by atoms with van der Waals surface area (Å²) in [6.07, 6.45) is 0.700. The average Bonchev–Trinajstić information content (AvgIpc) is 2.31. The molecule has 0 saturated heterocycles. The van der Waals surface area contributed by atoms with Gasteiger partial charge in [-0.25, -0.2) is 4.39 Å². The quantitative estimate of drug-likeness (QED) is 0.873. The molecule has 17 heavy (non-hydrogen) atoms. The van der Waals surface area contributed by atoms with Gasteiger partial charge < -0.3 is 5.32 Å². The highest BCUT2D eigenvalue weighted by atomic mass is 19.1. The van der Waals surface area contributed by atoms with E-state index in [-0.39, 0.29) is 11.5 Å². The lowest BCUT2D eigenvalue weighted by atomic mass is 9.89. The number of nitrogens with one attached hydrogen (secondary N) is 1. The van der Waals surface area contributed by atoms with Crippen LogP contribution in [0.15, 0.2) is 18.2 Å². The number of anilines is 1. The monoisotopic (exact) mass is 234 g/mol. The van der Waals surface area contributed by atoms with Gasteiger partial charge in [-0.2, -0.15) is 5.26 Å². The van der Waals surface area contributed by atoms with E-state index in [4.69, 9.17) is 5.26 Å². The third kappa shape index (κ3) is 3.04. The van der Waals surface area contributed by atoms with Gasteiger partial charge in [0.15, 0.2) is 0 Å². The molecule has 0 aliphatic rings. The lowest BCUT2D eigenvalue weighted by Gasteiger charge is -2.21. The number of benzene rings is 1. The maximum atomic E-state index is 13.1. The third-order valence-corrected chi connectivity index (χ3v) is 2.84. The second-order valence-corrected chi connectivity index (χ2v) is 4.50. The molecule has 1 N–H and O–H groups in total. The molecule has 1 rings (SSSR count). The number of nitriles is 1. The summed E-state index contributed by atoms with van der Waals surface area (Å²) in [7, 11) is 0. The van der Waals surface area contributed by atoms with Crippen LogP contribution in [-0.2, 0) is 4.79 Å². The van der Waals surface area contributed by atoms with E-state index in [0.717, 1.165) is 0 Å². The molecular formula is C13H15FN2O. The Hall–Kier alpha value is -1.89. The number of amides is 1. The van der Waals surface area contributed by atoms with Gasteiger partial charge in [-0.05, 0) is 24.6 Å². The van der Waals surface area contributed by atoms with Gasteiger partial charge in [0, 0.05) is 11.1 Å². The van der Waals surface area contributed by atoms with Gasteiger partial charge in [-0.15, -0.1) is 0 Å². The second kappa shape index (κ2) is 4.96. The fourth-order valence-corrected chi connectivity index (χ4v) is 1.15. The predicted octanol–water partition coefficient (Wildman–Crippen LogP) is 3.07. The normalized spacial score (nSPS) is 10.8. The fraction of sp³-hybridized carbons (Fsp3) is 0.385. The molecule has 0 heterocycles. The molecule has 0 unspecified atom stereocenters. The van der Waals surface area contributed by atoms with Crippen LogP contribution in [0.4, 0.5) is 10.1 Å². The molecule has 0 fully saturated rings. The maximum Gasteiger partial charge on any atom is 0.230 e. The Morgan fingerprint density at radius 1 is 1.53 bits per heavy atom. The average molecular weight is 234 g/mol. The SMILES string of the molecule is CCC(C)(C)C(=O)Nc1ccc(F)c(C#N)c1. The van der Waals surface area contributed by atoms with Gasteiger partial charge in [0.1, 0.15) is 11.9 Å². The summed E-state index contributed by atoms with van der Waals surface area (Å²) in [5.74, 6) is -0.726. The van der Waals surface area contributed by atoms with Gasteiger partial charge >= 0.3 is 0 Å². The number of hydrogen-bond donors (Lipinski definition) is 1. The van der Waals surface area contributed by atoms with E-state index in [1.165, 1.54) is 18.2 Å². The molecule has 0 spiro atoms. The number of hydrogen-bond acceptors (Lipinski definition) is 2. The molecule has 0 aromatic heterocycles. The van der Waals surface area contributed by atoms with Crippen molar-refractivity contribution in [2.24, 2.45) is 5.41 Å². The highest BCUT2D eigenvalue weighted by Crippen LogP contribution is 2.23. The number of carbonyl (C=O) groups is 1. The van der Waals surface area contributed by atoms with Crippen molar-refractivity contribution in [1.29, 1.82) is 5.26 Å². The van der Waals surface area contributed by atoms with Gasteiger partial charge in [-0.1, -0.05) is 20.8 Å². The lowest BCUT2D eigenvalue weighted by Crippen LogP contribution is -2.30. The summed E-state index contributed by atoms with van der Waals surface area (Å²) in [5.41, 5.74) is -0.118. The number of nitrogens with zero attached hydrogens (tertiary/aromatic N) is 1. The Kier molecular flexibility index (Phi) is 3.84. The first kappa shape index (κ1) is 13.2. The molecule has 0 radical (unpaired) electrons. The summed E-state index contributed by atoms with van der Waals surface area (Å²) in [4.78, 5) is 11.9. The third-order valence-electron chi connectivity index (χ3n) is 2.84. The summed E-state index contributed by atoms with van der Waals surface area (Å²) < 4.78 is 13.1. The van der Waals surface area contributed by atoms with E-state index in [9.17, 15) is 9.18 Å². The van der Waals surface area contributed by atoms with E-state index in [1.807, 2.05) is 20.8 Å². The van der Waals surface area contributed by atoms with Crippen LogP contribution >= 0.6 is 0 Å². The van der Waals surface area contributed by atoms with Crippen molar-refractivity contribution in [3.63, 3.8) is 0 Å². The topological polar surface area (TPSA) is 52.9 Å². The maximum absolute atomic E-state index is 13.1. The molecule has 4 heteroatoms. The van der Waals surface area contributed by atoms with Crippen LogP contribution in [0.5, 0.6) is 0 Å². The van der Waals surface area contributed by atoms with E-state index in [2.05, 4.69) is 5.32 Å². The second-order valence-electron chi connectivity index (χ2n) is 4.50. The Labute approximate surface area is 100 Å². The van der Waals surface area contributed by atoms with Crippen LogP contribution in [0.3, 0.4) is 0 Å². The molecule has 0 saturated carbocycles. The summed E-state index contributed by atoms with van der Waals surface area (Å²) in [5, 5.41) is 11.4. The van der Waals surface area contributed by atoms with Crippen molar-refractivity contribution in [2.75, 3.05) is 5.32 Å². The number of rotatable bonds is 3. The van der Waals surface area contributed by atoms with Crippen molar-refractivity contribution in [3.05, 3.63) is 29.6 Å². The number of halogens is 1. The van der Waals surface area contributed by atoms with Crippen LogP contribution in [0.2, 0.25) is 0 Å². The predicted molar refractivity (Wildman–Crippen MR) is 63.8 cm³/mol. The molecule has 0 bridgehead atoms. The van der Waals surface area contributed by atoms with Crippen molar-refractivity contribution < 1.29 is 9.18 Å². The lowest BCUT2D eigenvalue weighted by molar-refractivity contribution is -0.124. The van der Waals surface area contributed by atoms with E-state index < -0.39 is 11.2 Å². The zero-order chi connectivity index (χ0) is 13.1. The standard InChI is InChI=1S/C13H15FN2O/c1-4-13(2,3)12(17)16-10-5-6-11(14)9(7-10)8-15/h5-7H,4H2,1-3H3,(H,16,17). The van der Waals surface area contributed by atoms with Gasteiger partial charge in [-0.3, -0.25) is 4.79 Å². The van der Waals surface area contributed by atoms with Crippen LogP contribution in [-0.4, -0.2) is 5.91 Å². The highest BCUT2D eigenvalue weighted by Gasteiger charge is 2.25. The van der Waals surface area contributed by atoms with Crippen LogP contribution < -0.4 is 5.32 Å². The smallest absolute Gasteiger partial charge is 0.230 e. The van der Waals surface area contributed by atoms with E-state index in [1.54, 1.807) is 6.07 Å². The Bertz CT molecular complexity index is 475. The van der Waals surface area contributed by atoms with Crippen LogP contribution in [0, 0.1) is 22.6 Å². The first-order valence-corrected chi connectivity index (χ1v) is 5.42. The first-order valence-electron chi connectivity index (χ1n) is 5.42. The zero-order valence-electron chi connectivity index (χ0n) is 10.2. The largest absolute Gasteiger partial charge is 0.326 e. The van der Waals surface area contributed by atoms with E-state index >= 15 is 0 Å². The van der Waals surface area contributed by atoms with Crippen molar-refractivity contribution in [1.82, 2.24) is 0 Å². The molecule has 0 atom stereocenters. The van der Waals surface area contributed by atoms with Crippen molar-refractivity contribution >= 4 is 11.6 Å².